The quantitative estimate of drug-likeness (QED) is 0.277. The number of aromatic nitrogens is 4. The van der Waals surface area contributed by atoms with Crippen LogP contribution in [0.25, 0.3) is 11.3 Å². The van der Waals surface area contributed by atoms with Gasteiger partial charge in [-0.25, -0.2) is 19.2 Å². The molecule has 2 aliphatic heterocycles. The molecule has 1 saturated carbocycles. The Kier molecular flexibility index (Phi) is 7.62. The lowest BCUT2D eigenvalue weighted by molar-refractivity contribution is -0.137. The summed E-state index contributed by atoms with van der Waals surface area (Å²) in [4.78, 5) is 24.2. The second-order valence-electron chi connectivity index (χ2n) is 10.4. The molecule has 0 N–H and O–H groups in total. The third kappa shape index (κ3) is 5.70. The molecule has 224 valence electrons. The van der Waals surface area contributed by atoms with Crippen LogP contribution in [0, 0.1) is 5.82 Å². The average Bonchev–Trinajstić information content (AvgIpc) is 3.43. The summed E-state index contributed by atoms with van der Waals surface area (Å²) < 4.78 is 80.0. The number of alkyl halides is 3. The highest BCUT2D eigenvalue weighted by molar-refractivity contribution is 5.91. The summed E-state index contributed by atoms with van der Waals surface area (Å²) in [7, 11) is 0. The summed E-state index contributed by atoms with van der Waals surface area (Å²) >= 11 is 0. The van der Waals surface area contributed by atoms with Crippen molar-refractivity contribution in [1.29, 1.82) is 0 Å². The lowest BCUT2D eigenvalue weighted by Gasteiger charge is -2.37. The van der Waals surface area contributed by atoms with Crippen molar-refractivity contribution in [2.45, 2.75) is 57.4 Å². The van der Waals surface area contributed by atoms with Gasteiger partial charge in [0, 0.05) is 23.9 Å². The molecule has 1 aliphatic carbocycles. The number of nitrogens with zero attached hydrogens (tertiary/aromatic N) is 5. The molecule has 1 aromatic carbocycles. The second kappa shape index (κ2) is 11.2. The number of carbonyl (C=O) groups excluding carboxylic acids is 1. The van der Waals surface area contributed by atoms with E-state index in [9.17, 15) is 18.0 Å². The molecule has 14 heteroatoms. The van der Waals surface area contributed by atoms with E-state index in [1.54, 1.807) is 18.0 Å². The largest absolute Gasteiger partial charge is 0.461 e. The molecule has 6 rings (SSSR count). The third-order valence-corrected chi connectivity index (χ3v) is 7.27. The van der Waals surface area contributed by atoms with Crippen LogP contribution in [0.1, 0.15) is 72.3 Å². The number of ether oxygens (including phenoxy) is 4. The molecule has 42 heavy (non-hydrogen) atoms. The molecule has 2 aromatic heterocycles. The van der Waals surface area contributed by atoms with E-state index in [0.29, 0.717) is 18.7 Å². The number of hydrogen-bond donors (Lipinski definition) is 0. The third-order valence-electron chi connectivity index (χ3n) is 7.27. The van der Waals surface area contributed by atoms with Crippen molar-refractivity contribution in [1.82, 2.24) is 19.7 Å². The molecular weight excluding hydrogens is 562 g/mol. The minimum absolute atomic E-state index is 0.0167. The maximum absolute atomic E-state index is 15.4. The fraction of sp³-hybridized carbons (Fsp3) is 0.500. The topological polar surface area (TPSA) is 101 Å². The van der Waals surface area contributed by atoms with Crippen LogP contribution < -0.4 is 4.90 Å². The number of rotatable bonds is 7. The van der Waals surface area contributed by atoms with Gasteiger partial charge in [-0.05, 0) is 44.9 Å². The Bertz CT molecular complexity index is 1470. The smallest absolute Gasteiger partial charge is 0.416 e. The molecule has 0 radical (unpaired) electrons. The van der Waals surface area contributed by atoms with E-state index in [-0.39, 0.29) is 60.9 Å². The van der Waals surface area contributed by atoms with Crippen LogP contribution in [0.3, 0.4) is 0 Å². The van der Waals surface area contributed by atoms with Gasteiger partial charge in [-0.15, -0.1) is 0 Å². The Hall–Kier alpha value is -3.62. The molecule has 2 saturated heterocycles. The van der Waals surface area contributed by atoms with Crippen molar-refractivity contribution in [3.05, 3.63) is 58.8 Å². The highest BCUT2D eigenvalue weighted by atomic mass is 19.4. The zero-order valence-electron chi connectivity index (χ0n) is 22.9. The number of hydrogen-bond acceptors (Lipinski definition) is 9. The first-order chi connectivity index (χ1) is 20.1. The number of esters is 1. The molecule has 2 unspecified atom stereocenters. The van der Waals surface area contributed by atoms with Gasteiger partial charge in [0.1, 0.15) is 11.9 Å². The van der Waals surface area contributed by atoms with Crippen LogP contribution in [0.4, 0.5) is 23.5 Å². The Morgan fingerprint density at radius 1 is 1.14 bits per heavy atom. The fourth-order valence-electron chi connectivity index (χ4n) is 5.15. The zero-order valence-corrected chi connectivity index (χ0v) is 22.9. The summed E-state index contributed by atoms with van der Waals surface area (Å²) in [5.41, 5.74) is -0.928. The van der Waals surface area contributed by atoms with Crippen LogP contribution in [0.15, 0.2) is 30.6 Å². The van der Waals surface area contributed by atoms with Crippen molar-refractivity contribution in [3.8, 4) is 11.3 Å². The van der Waals surface area contributed by atoms with Gasteiger partial charge in [-0.2, -0.15) is 18.3 Å². The van der Waals surface area contributed by atoms with E-state index >= 15 is 4.39 Å². The summed E-state index contributed by atoms with van der Waals surface area (Å²) in [6, 6.07) is 2.52. The van der Waals surface area contributed by atoms with Crippen molar-refractivity contribution in [2.24, 2.45) is 0 Å². The van der Waals surface area contributed by atoms with Crippen molar-refractivity contribution < 1.29 is 41.3 Å². The van der Waals surface area contributed by atoms with E-state index in [0.717, 1.165) is 30.5 Å². The number of benzene rings is 1. The van der Waals surface area contributed by atoms with Gasteiger partial charge in [0.05, 0.1) is 61.5 Å². The zero-order chi connectivity index (χ0) is 29.6. The normalized spacial score (nSPS) is 21.6. The fourth-order valence-corrected chi connectivity index (χ4v) is 5.15. The van der Waals surface area contributed by atoms with Gasteiger partial charge in [-0.3, -0.25) is 4.68 Å². The van der Waals surface area contributed by atoms with Crippen molar-refractivity contribution in [2.75, 3.05) is 37.8 Å². The van der Waals surface area contributed by atoms with Crippen molar-refractivity contribution >= 4 is 11.9 Å². The van der Waals surface area contributed by atoms with Crippen LogP contribution in [-0.4, -0.2) is 64.7 Å². The molecule has 0 spiro atoms. The first kappa shape index (κ1) is 28.5. The monoisotopic (exact) mass is 591 g/mol. The van der Waals surface area contributed by atoms with E-state index in [4.69, 9.17) is 18.9 Å². The number of halogens is 4. The van der Waals surface area contributed by atoms with E-state index in [1.165, 1.54) is 0 Å². The summed E-state index contributed by atoms with van der Waals surface area (Å²) in [6.45, 7) is 4.50. The summed E-state index contributed by atoms with van der Waals surface area (Å²) in [5.74, 6) is -1.94. The van der Waals surface area contributed by atoms with Gasteiger partial charge in [0.25, 0.3) is 0 Å². The Morgan fingerprint density at radius 3 is 2.57 bits per heavy atom. The van der Waals surface area contributed by atoms with E-state index < -0.39 is 35.9 Å². The van der Waals surface area contributed by atoms with Crippen LogP contribution in [0.5, 0.6) is 0 Å². The van der Waals surface area contributed by atoms with E-state index in [1.807, 2.05) is 17.8 Å². The standard InChI is InChI=1S/C28H29F4N5O5/c1-3-39-25(38)24-22(26-40-8-9-41-26)23(19-7-4-17(10-20(19)29)28(30,31)32)34-27(35-24)36-12-15(2)42-21(14-36)16-11-33-37(13-16)18-5-6-18/h4,7,10-11,13,15,18,21,26H,3,5-6,8-9,12,14H2,1-2H3. The number of morpholine rings is 1. The number of carbonyl (C=O) groups is 1. The lowest BCUT2D eigenvalue weighted by Crippen LogP contribution is -2.44. The molecule has 3 aromatic rings. The molecule has 10 nitrogen and oxygen atoms in total. The van der Waals surface area contributed by atoms with Gasteiger partial charge in [-0.1, -0.05) is 0 Å². The van der Waals surface area contributed by atoms with Crippen LogP contribution in [0.2, 0.25) is 0 Å². The van der Waals surface area contributed by atoms with Crippen LogP contribution >= 0.6 is 0 Å². The van der Waals surface area contributed by atoms with Gasteiger partial charge in [0.15, 0.2) is 12.0 Å². The molecule has 0 amide bonds. The molecule has 2 atom stereocenters. The molecule has 0 bridgehead atoms. The molecule has 3 aliphatic rings. The van der Waals surface area contributed by atoms with Gasteiger partial charge in [0.2, 0.25) is 5.95 Å². The SMILES string of the molecule is CCOC(=O)c1nc(N2CC(C)OC(c3cnn(C4CC4)c3)C2)nc(-c2ccc(C(F)(F)F)cc2F)c1C1OCCO1. The minimum atomic E-state index is -4.75. The Morgan fingerprint density at radius 2 is 1.90 bits per heavy atom. The first-order valence-electron chi connectivity index (χ1n) is 13.8. The predicted molar refractivity (Wildman–Crippen MR) is 139 cm³/mol. The molecule has 3 fully saturated rings. The Labute approximate surface area is 238 Å². The van der Waals surface area contributed by atoms with Gasteiger partial charge < -0.3 is 23.8 Å². The maximum atomic E-state index is 15.4. The summed E-state index contributed by atoms with van der Waals surface area (Å²) in [5, 5.41) is 4.45. The first-order valence-corrected chi connectivity index (χ1v) is 13.8. The average molecular weight is 592 g/mol. The second-order valence-corrected chi connectivity index (χ2v) is 10.4. The molecule has 4 heterocycles. The highest BCUT2D eigenvalue weighted by Crippen LogP contribution is 2.40. The maximum Gasteiger partial charge on any atom is 0.416 e. The van der Waals surface area contributed by atoms with Crippen molar-refractivity contribution in [3.63, 3.8) is 0 Å². The van der Waals surface area contributed by atoms with Crippen LogP contribution in [-0.2, 0) is 25.1 Å². The Balaban J connectivity index is 1.46. The number of anilines is 1. The predicted octanol–water partition coefficient (Wildman–Crippen LogP) is 5.02. The molecular formula is C28H29F4N5O5. The summed E-state index contributed by atoms with van der Waals surface area (Å²) in [6.07, 6.45) is -0.736. The highest BCUT2D eigenvalue weighted by Gasteiger charge is 2.37. The van der Waals surface area contributed by atoms with E-state index in [2.05, 4.69) is 15.1 Å². The lowest BCUT2D eigenvalue weighted by atomic mass is 10.0. The minimum Gasteiger partial charge on any atom is -0.461 e. The van der Waals surface area contributed by atoms with Gasteiger partial charge >= 0.3 is 12.1 Å².